The van der Waals surface area contributed by atoms with Gasteiger partial charge >= 0.3 is 0 Å². The van der Waals surface area contributed by atoms with Crippen molar-refractivity contribution >= 4 is 0 Å². The highest BCUT2D eigenvalue weighted by Crippen LogP contribution is 2.21. The van der Waals surface area contributed by atoms with Crippen molar-refractivity contribution in [3.63, 3.8) is 0 Å². The van der Waals surface area contributed by atoms with Crippen LogP contribution in [0.1, 0.15) is 65.1 Å². The number of nitrogens with one attached hydrogen (secondary N) is 1. The maximum absolute atomic E-state index is 5.97. The molecule has 0 aliphatic rings. The van der Waals surface area contributed by atoms with E-state index < -0.39 is 0 Å². The first kappa shape index (κ1) is 17.0. The van der Waals surface area contributed by atoms with Crippen LogP contribution >= 0.6 is 0 Å². The largest absolute Gasteiger partial charge is 0.474 e. The summed E-state index contributed by atoms with van der Waals surface area (Å²) in [5.41, 5.74) is 2.36. The van der Waals surface area contributed by atoms with Gasteiger partial charge in [0.15, 0.2) is 0 Å². The van der Waals surface area contributed by atoms with Crippen molar-refractivity contribution in [3.05, 3.63) is 23.4 Å². The van der Waals surface area contributed by atoms with Crippen LogP contribution in [-0.2, 0) is 6.54 Å². The quantitative estimate of drug-likeness (QED) is 0.726. The minimum Gasteiger partial charge on any atom is -0.474 e. The van der Waals surface area contributed by atoms with Gasteiger partial charge < -0.3 is 10.1 Å². The molecule has 20 heavy (non-hydrogen) atoms. The van der Waals surface area contributed by atoms with Crippen molar-refractivity contribution in [2.45, 2.75) is 66.5 Å². The van der Waals surface area contributed by atoms with E-state index in [1.165, 1.54) is 5.56 Å². The molecule has 0 bridgehead atoms. The molecule has 0 fully saturated rings. The van der Waals surface area contributed by atoms with Crippen LogP contribution in [0, 0.1) is 5.92 Å². The van der Waals surface area contributed by atoms with E-state index in [0.717, 1.165) is 31.1 Å². The Morgan fingerprint density at radius 3 is 2.40 bits per heavy atom. The summed E-state index contributed by atoms with van der Waals surface area (Å²) in [5, 5.41) is 3.44. The number of nitrogens with zero attached hydrogens (tertiary/aromatic N) is 1. The highest BCUT2D eigenvalue weighted by atomic mass is 16.5. The third-order valence-corrected chi connectivity index (χ3v) is 3.47. The first-order chi connectivity index (χ1) is 9.43. The lowest BCUT2D eigenvalue weighted by Gasteiger charge is -2.19. The fraction of sp³-hybridized carbons (Fsp3) is 0.706. The summed E-state index contributed by atoms with van der Waals surface area (Å²) in [4.78, 5) is 4.63. The molecule has 1 unspecified atom stereocenters. The van der Waals surface area contributed by atoms with E-state index >= 15 is 0 Å². The molecule has 0 amide bonds. The van der Waals surface area contributed by atoms with Crippen molar-refractivity contribution in [1.82, 2.24) is 10.3 Å². The number of rotatable bonds is 8. The summed E-state index contributed by atoms with van der Waals surface area (Å²) in [6.07, 6.45) is 1.33. The molecule has 0 saturated heterocycles. The summed E-state index contributed by atoms with van der Waals surface area (Å²) in [6.45, 7) is 14.9. The third kappa shape index (κ3) is 5.49. The first-order valence-corrected chi connectivity index (χ1v) is 7.82. The van der Waals surface area contributed by atoms with Crippen LogP contribution in [-0.4, -0.2) is 17.6 Å². The number of pyridine rings is 1. The molecule has 0 saturated carbocycles. The zero-order chi connectivity index (χ0) is 15.1. The highest BCUT2D eigenvalue weighted by molar-refractivity contribution is 5.27. The summed E-state index contributed by atoms with van der Waals surface area (Å²) in [7, 11) is 0. The lowest BCUT2D eigenvalue weighted by Crippen LogP contribution is -2.20. The average molecular weight is 278 g/mol. The van der Waals surface area contributed by atoms with Gasteiger partial charge in [0.05, 0.1) is 6.10 Å². The van der Waals surface area contributed by atoms with Crippen LogP contribution in [0.5, 0.6) is 5.88 Å². The van der Waals surface area contributed by atoms with Gasteiger partial charge in [-0.1, -0.05) is 34.6 Å². The fourth-order valence-corrected chi connectivity index (χ4v) is 1.78. The van der Waals surface area contributed by atoms with Gasteiger partial charge in [-0.2, -0.15) is 0 Å². The molecule has 1 atom stereocenters. The average Bonchev–Trinajstić information content (AvgIpc) is 2.38. The molecular weight excluding hydrogens is 248 g/mol. The molecule has 0 radical (unpaired) electrons. The third-order valence-electron chi connectivity index (χ3n) is 3.47. The topological polar surface area (TPSA) is 34.1 Å². The van der Waals surface area contributed by atoms with Crippen molar-refractivity contribution in [2.75, 3.05) is 6.54 Å². The van der Waals surface area contributed by atoms with Crippen molar-refractivity contribution in [3.8, 4) is 5.88 Å². The summed E-state index contributed by atoms with van der Waals surface area (Å²) >= 11 is 0. The van der Waals surface area contributed by atoms with Gasteiger partial charge in [0.25, 0.3) is 0 Å². The molecule has 0 aromatic carbocycles. The van der Waals surface area contributed by atoms with Gasteiger partial charge in [0, 0.05) is 18.3 Å². The van der Waals surface area contributed by atoms with Crippen LogP contribution < -0.4 is 10.1 Å². The van der Waals surface area contributed by atoms with Crippen LogP contribution in [0.15, 0.2) is 12.1 Å². The van der Waals surface area contributed by atoms with E-state index in [1.54, 1.807) is 0 Å². The zero-order valence-corrected chi connectivity index (χ0v) is 13.9. The Hall–Kier alpha value is -1.09. The molecule has 114 valence electrons. The Kier molecular flexibility index (Phi) is 7.00. The number of aromatic nitrogens is 1. The van der Waals surface area contributed by atoms with Gasteiger partial charge in [0.1, 0.15) is 0 Å². The summed E-state index contributed by atoms with van der Waals surface area (Å²) in [5.74, 6) is 1.66. The van der Waals surface area contributed by atoms with Gasteiger partial charge in [-0.05, 0) is 43.4 Å². The van der Waals surface area contributed by atoms with E-state index in [0.29, 0.717) is 11.8 Å². The van der Waals surface area contributed by atoms with Gasteiger partial charge in [-0.15, -0.1) is 0 Å². The molecule has 1 N–H and O–H groups in total. The lowest BCUT2D eigenvalue weighted by atomic mass is 10.1. The lowest BCUT2D eigenvalue weighted by molar-refractivity contribution is 0.162. The Labute approximate surface area is 124 Å². The molecule has 0 aliphatic heterocycles. The molecule has 0 spiro atoms. The van der Waals surface area contributed by atoms with Crippen LogP contribution in [0.2, 0.25) is 0 Å². The number of hydrogen-bond acceptors (Lipinski definition) is 3. The summed E-state index contributed by atoms with van der Waals surface area (Å²) in [6, 6.07) is 4.24. The normalized spacial score (nSPS) is 13.0. The Morgan fingerprint density at radius 2 is 1.85 bits per heavy atom. The predicted octanol–water partition coefficient (Wildman–Crippen LogP) is 4.13. The van der Waals surface area contributed by atoms with E-state index in [2.05, 4.69) is 64.0 Å². The molecule has 3 heteroatoms. The van der Waals surface area contributed by atoms with E-state index in [1.807, 2.05) is 0 Å². The fourth-order valence-electron chi connectivity index (χ4n) is 1.78. The van der Waals surface area contributed by atoms with Crippen LogP contribution in [0.4, 0.5) is 0 Å². The monoisotopic (exact) mass is 278 g/mol. The molecule has 0 aliphatic carbocycles. The second-order valence-corrected chi connectivity index (χ2v) is 6.14. The van der Waals surface area contributed by atoms with Gasteiger partial charge in [-0.25, -0.2) is 4.98 Å². The Morgan fingerprint density at radius 1 is 1.15 bits per heavy atom. The molecule has 1 heterocycles. The molecule has 3 nitrogen and oxygen atoms in total. The second kappa shape index (κ2) is 8.25. The molecule has 1 rings (SSSR count). The van der Waals surface area contributed by atoms with E-state index in [9.17, 15) is 0 Å². The maximum Gasteiger partial charge on any atom is 0.214 e. The van der Waals surface area contributed by atoms with Crippen molar-refractivity contribution < 1.29 is 4.74 Å². The van der Waals surface area contributed by atoms with E-state index in [-0.39, 0.29) is 6.10 Å². The summed E-state index contributed by atoms with van der Waals surface area (Å²) < 4.78 is 5.97. The Bertz CT molecular complexity index is 402. The van der Waals surface area contributed by atoms with E-state index in [4.69, 9.17) is 4.74 Å². The van der Waals surface area contributed by atoms with Crippen LogP contribution in [0.25, 0.3) is 0 Å². The number of ether oxygens (including phenoxy) is 1. The van der Waals surface area contributed by atoms with Gasteiger partial charge in [0.2, 0.25) is 5.88 Å². The first-order valence-electron chi connectivity index (χ1n) is 7.82. The molecular formula is C17H30N2O. The second-order valence-electron chi connectivity index (χ2n) is 6.14. The van der Waals surface area contributed by atoms with Crippen molar-refractivity contribution in [1.29, 1.82) is 0 Å². The Balaban J connectivity index is 2.86. The predicted molar refractivity (Wildman–Crippen MR) is 85.3 cm³/mol. The zero-order valence-electron chi connectivity index (χ0n) is 13.9. The minimum atomic E-state index is 0.182. The van der Waals surface area contributed by atoms with Crippen molar-refractivity contribution in [2.24, 2.45) is 5.92 Å². The minimum absolute atomic E-state index is 0.182. The smallest absolute Gasteiger partial charge is 0.214 e. The molecule has 1 aromatic heterocycles. The maximum atomic E-state index is 5.97. The SMILES string of the molecule is CCCNCc1cc(OC(C)C(C)C)nc(C(C)C)c1. The molecule has 1 aromatic rings. The number of hydrogen-bond donors (Lipinski definition) is 1. The van der Waals surface area contributed by atoms with Crippen LogP contribution in [0.3, 0.4) is 0 Å². The standard InChI is InChI=1S/C17H30N2O/c1-7-8-18-11-15-9-16(13(4)5)19-17(10-15)20-14(6)12(2)3/h9-10,12-14,18H,7-8,11H2,1-6H3. The highest BCUT2D eigenvalue weighted by Gasteiger charge is 2.12. The van der Waals surface area contributed by atoms with Gasteiger partial charge in [-0.3, -0.25) is 0 Å².